The Bertz CT molecular complexity index is 1160. The highest BCUT2D eigenvalue weighted by Gasteiger charge is 2.55. The molecule has 3 aliphatic rings. The Morgan fingerprint density at radius 3 is 2.77 bits per heavy atom. The lowest BCUT2D eigenvalue weighted by molar-refractivity contribution is -0.120. The third kappa shape index (κ3) is 6.93. The summed E-state index contributed by atoms with van der Waals surface area (Å²) >= 11 is 0. The average molecular weight is 554 g/mol. The molecule has 2 amide bonds. The number of unbranched alkanes of at least 4 members (excludes halogenated alkanes) is 1. The lowest BCUT2D eigenvalue weighted by atomic mass is 9.77. The summed E-state index contributed by atoms with van der Waals surface area (Å²) in [5, 5.41) is 5.82. The van der Waals surface area contributed by atoms with Gasteiger partial charge in [-0.1, -0.05) is 51.0 Å². The van der Waals surface area contributed by atoms with Gasteiger partial charge < -0.3 is 19.8 Å². The Labute approximate surface area is 237 Å². The zero-order valence-corrected chi connectivity index (χ0v) is 23.8. The van der Waals surface area contributed by atoms with Crippen LogP contribution in [0.15, 0.2) is 28.9 Å². The minimum atomic E-state index is -0.637. The number of carbonyl (C=O) groups excluding carboxylic acids is 2. The van der Waals surface area contributed by atoms with E-state index < -0.39 is 5.60 Å². The van der Waals surface area contributed by atoms with Gasteiger partial charge in [-0.2, -0.15) is 0 Å². The van der Waals surface area contributed by atoms with Crippen molar-refractivity contribution in [1.29, 1.82) is 0 Å². The van der Waals surface area contributed by atoms with E-state index in [1.54, 1.807) is 12.1 Å². The van der Waals surface area contributed by atoms with Crippen molar-refractivity contribution in [2.45, 2.75) is 109 Å². The van der Waals surface area contributed by atoms with Gasteiger partial charge in [0.25, 0.3) is 5.91 Å². The van der Waals surface area contributed by atoms with Crippen molar-refractivity contribution in [1.82, 2.24) is 15.6 Å². The molecule has 0 spiro atoms. The normalized spacial score (nSPS) is 24.4. The van der Waals surface area contributed by atoms with Gasteiger partial charge in [-0.25, -0.2) is 9.37 Å². The average Bonchev–Trinajstić information content (AvgIpc) is 3.69. The molecule has 1 aromatic heterocycles. The van der Waals surface area contributed by atoms with Crippen LogP contribution >= 0.6 is 0 Å². The van der Waals surface area contributed by atoms with Crippen LogP contribution in [0.2, 0.25) is 0 Å². The van der Waals surface area contributed by atoms with Crippen LogP contribution in [0.4, 0.5) is 4.39 Å². The predicted octanol–water partition coefficient (Wildman–Crippen LogP) is 6.00. The third-order valence-electron chi connectivity index (χ3n) is 9.15. The lowest BCUT2D eigenvalue weighted by Crippen LogP contribution is -2.27. The van der Waals surface area contributed by atoms with Crippen molar-refractivity contribution in [2.75, 3.05) is 13.1 Å². The van der Waals surface area contributed by atoms with E-state index in [0.717, 1.165) is 42.7 Å². The van der Waals surface area contributed by atoms with E-state index in [4.69, 9.17) is 9.15 Å². The maximum Gasteiger partial charge on any atom is 0.273 e. The van der Waals surface area contributed by atoms with Crippen molar-refractivity contribution in [3.8, 4) is 0 Å². The van der Waals surface area contributed by atoms with Gasteiger partial charge in [-0.15, -0.1) is 0 Å². The van der Waals surface area contributed by atoms with Gasteiger partial charge in [0.15, 0.2) is 5.69 Å². The predicted molar refractivity (Wildman–Crippen MR) is 150 cm³/mol. The smallest absolute Gasteiger partial charge is 0.273 e. The highest BCUT2D eigenvalue weighted by atomic mass is 19.1. The van der Waals surface area contributed by atoms with Crippen LogP contribution in [0.25, 0.3) is 0 Å². The van der Waals surface area contributed by atoms with Crippen LogP contribution in [0.5, 0.6) is 0 Å². The number of amides is 2. The van der Waals surface area contributed by atoms with Crippen molar-refractivity contribution >= 4 is 11.8 Å². The molecule has 5 rings (SSSR count). The number of oxazole rings is 1. The molecular formula is C32H44FN3O4. The first-order valence-electron chi connectivity index (χ1n) is 15.4. The highest BCUT2D eigenvalue weighted by Crippen LogP contribution is 2.53. The van der Waals surface area contributed by atoms with E-state index in [0.29, 0.717) is 50.4 Å². The molecule has 3 heterocycles. The zero-order valence-electron chi connectivity index (χ0n) is 23.8. The Kier molecular flexibility index (Phi) is 9.56. The third-order valence-corrected chi connectivity index (χ3v) is 9.15. The van der Waals surface area contributed by atoms with Crippen LogP contribution < -0.4 is 10.6 Å². The number of nitrogens with zero attached hydrogens (tertiary/aromatic N) is 1. The Hall–Kier alpha value is -2.74. The fourth-order valence-electron chi connectivity index (χ4n) is 7.03. The zero-order chi connectivity index (χ0) is 28.0. The van der Waals surface area contributed by atoms with Gasteiger partial charge in [-0.3, -0.25) is 9.59 Å². The molecule has 3 unspecified atom stereocenters. The summed E-state index contributed by atoms with van der Waals surface area (Å²) in [6.07, 6.45) is 15.7. The molecule has 40 heavy (non-hydrogen) atoms. The van der Waals surface area contributed by atoms with Gasteiger partial charge in [0, 0.05) is 19.5 Å². The first kappa shape index (κ1) is 28.8. The summed E-state index contributed by atoms with van der Waals surface area (Å²) in [5.74, 6) is 1.05. The number of rotatable bonds is 13. The fourth-order valence-corrected chi connectivity index (χ4v) is 7.03. The van der Waals surface area contributed by atoms with E-state index in [1.165, 1.54) is 50.9 Å². The van der Waals surface area contributed by atoms with Crippen molar-refractivity contribution < 1.29 is 23.1 Å². The van der Waals surface area contributed by atoms with E-state index in [-0.39, 0.29) is 29.7 Å². The van der Waals surface area contributed by atoms with Crippen LogP contribution in [-0.4, -0.2) is 36.0 Å². The molecule has 218 valence electrons. The van der Waals surface area contributed by atoms with E-state index in [9.17, 15) is 14.0 Å². The molecule has 7 nitrogen and oxygen atoms in total. The number of carbonyl (C=O) groups is 2. The molecule has 2 saturated heterocycles. The van der Waals surface area contributed by atoms with Crippen LogP contribution in [0.1, 0.15) is 111 Å². The first-order valence-corrected chi connectivity index (χ1v) is 15.4. The summed E-state index contributed by atoms with van der Waals surface area (Å²) < 4.78 is 26.5. The molecule has 2 aliphatic heterocycles. The van der Waals surface area contributed by atoms with Crippen LogP contribution in [0, 0.1) is 17.7 Å². The number of hydrogen-bond donors (Lipinski definition) is 2. The van der Waals surface area contributed by atoms with Gasteiger partial charge >= 0.3 is 0 Å². The number of halogens is 1. The number of fused-ring (bicyclic) bond motifs is 2. The van der Waals surface area contributed by atoms with Crippen LogP contribution in [-0.2, 0) is 28.0 Å². The Morgan fingerprint density at radius 1 is 1.10 bits per heavy atom. The second-order valence-electron chi connectivity index (χ2n) is 12.0. The number of aromatic nitrogens is 1. The lowest BCUT2D eigenvalue weighted by Gasteiger charge is -2.24. The van der Waals surface area contributed by atoms with Gasteiger partial charge in [0.2, 0.25) is 11.8 Å². The molecule has 3 fully saturated rings. The first-order chi connectivity index (χ1) is 19.5. The summed E-state index contributed by atoms with van der Waals surface area (Å²) in [4.78, 5) is 29.3. The molecule has 0 radical (unpaired) electrons. The molecule has 1 aromatic carbocycles. The van der Waals surface area contributed by atoms with Gasteiger partial charge in [0.05, 0.1) is 6.10 Å². The molecule has 2 N–H and O–H groups in total. The maximum absolute atomic E-state index is 14.2. The molecular weight excluding hydrogens is 509 g/mol. The van der Waals surface area contributed by atoms with Gasteiger partial charge in [-0.05, 0) is 80.5 Å². The second-order valence-corrected chi connectivity index (χ2v) is 12.0. The SMILES string of the molecule is CCNC(=O)CCc1ccc(F)cc1CC1CC2(c3nc(C(=O)NCCCCC4CCCCC4)co3)CCC1O2. The van der Waals surface area contributed by atoms with Crippen LogP contribution in [0.3, 0.4) is 0 Å². The molecule has 1 aliphatic carbocycles. The monoisotopic (exact) mass is 553 g/mol. The minimum Gasteiger partial charge on any atom is -0.445 e. The van der Waals surface area contributed by atoms with E-state index in [2.05, 4.69) is 15.6 Å². The van der Waals surface area contributed by atoms with Gasteiger partial charge in [0.1, 0.15) is 17.7 Å². The number of benzene rings is 1. The topological polar surface area (TPSA) is 93.5 Å². The Morgan fingerprint density at radius 2 is 1.95 bits per heavy atom. The fraction of sp³-hybridized carbons (Fsp3) is 0.656. The summed E-state index contributed by atoms with van der Waals surface area (Å²) in [6, 6.07) is 4.85. The van der Waals surface area contributed by atoms with Crippen molar-refractivity contribution in [2.24, 2.45) is 11.8 Å². The largest absolute Gasteiger partial charge is 0.445 e. The molecule has 1 saturated carbocycles. The minimum absolute atomic E-state index is 0.00293. The maximum atomic E-state index is 14.2. The molecule has 3 atom stereocenters. The summed E-state index contributed by atoms with van der Waals surface area (Å²) in [6.45, 7) is 3.15. The highest BCUT2D eigenvalue weighted by molar-refractivity contribution is 5.91. The molecule has 2 aromatic rings. The van der Waals surface area contributed by atoms with Crippen molar-refractivity contribution in [3.05, 3.63) is 53.0 Å². The number of ether oxygens (including phenoxy) is 1. The number of hydrogen-bond acceptors (Lipinski definition) is 5. The molecule has 2 bridgehead atoms. The molecule has 8 heteroatoms. The summed E-state index contributed by atoms with van der Waals surface area (Å²) in [7, 11) is 0. The van der Waals surface area contributed by atoms with E-state index >= 15 is 0 Å². The standard InChI is InChI=1S/C32H44FN3O4/c1-2-34-29(37)14-12-23-11-13-26(33)19-24(23)18-25-20-32(16-15-28(25)40-32)31-36-27(21-39-31)30(38)35-17-7-6-10-22-8-4-3-5-9-22/h11,13,19,21-22,25,28H,2-10,12,14-18,20H2,1H3,(H,34,37)(H,35,38). The Balaban J connectivity index is 1.14. The van der Waals surface area contributed by atoms with Crippen molar-refractivity contribution in [3.63, 3.8) is 0 Å². The number of nitrogens with one attached hydrogen (secondary N) is 2. The quantitative estimate of drug-likeness (QED) is 0.297. The summed E-state index contributed by atoms with van der Waals surface area (Å²) in [5.41, 5.74) is 1.59. The number of aryl methyl sites for hydroxylation is 1. The van der Waals surface area contributed by atoms with E-state index in [1.807, 2.05) is 6.92 Å². The second kappa shape index (κ2) is 13.3.